The number of carbonyl (C=O) groups excluding carboxylic acids is 2. The van der Waals surface area contributed by atoms with Crippen molar-refractivity contribution in [3.8, 4) is 0 Å². The minimum absolute atomic E-state index is 0.140. The molecule has 7 nitrogen and oxygen atoms in total. The predicted molar refractivity (Wildman–Crippen MR) is 59.1 cm³/mol. The van der Waals surface area contributed by atoms with Crippen molar-refractivity contribution in [1.82, 2.24) is 5.32 Å². The minimum Gasteiger partial charge on any atom is -0.480 e. The van der Waals surface area contributed by atoms with E-state index in [1.807, 2.05) is 0 Å². The summed E-state index contributed by atoms with van der Waals surface area (Å²) in [6.07, 6.45) is 0.791. The smallest absolute Gasteiger partial charge is 0.326 e. The first-order valence-corrected chi connectivity index (χ1v) is 5.26. The number of hydrogen-bond acceptors (Lipinski definition) is 4. The summed E-state index contributed by atoms with van der Waals surface area (Å²) in [5, 5.41) is 10.9. The number of rotatable bonds is 5. The Balaban J connectivity index is 2.74. The van der Waals surface area contributed by atoms with Crippen LogP contribution in [0.4, 0.5) is 0 Å². The molecule has 0 aliphatic rings. The molecule has 1 atom stereocenters. The van der Waals surface area contributed by atoms with Crippen LogP contribution in [0.3, 0.4) is 0 Å². The van der Waals surface area contributed by atoms with Gasteiger partial charge in [0.05, 0.1) is 18.2 Å². The number of carboxylic acid groups (broad SMARTS) is 1. The van der Waals surface area contributed by atoms with E-state index in [0.29, 0.717) is 0 Å². The number of halogens is 1. The fourth-order valence-corrected chi connectivity index (χ4v) is 1.51. The highest BCUT2D eigenvalue weighted by molar-refractivity contribution is 9.10. The third kappa shape index (κ3) is 3.59. The monoisotopic (exact) mass is 304 g/mol. The molecule has 2 amide bonds. The highest BCUT2D eigenvalue weighted by atomic mass is 79.9. The highest BCUT2D eigenvalue weighted by Gasteiger charge is 2.24. The quantitative estimate of drug-likeness (QED) is 0.712. The van der Waals surface area contributed by atoms with Crippen molar-refractivity contribution >= 4 is 33.7 Å². The second-order valence-corrected chi connectivity index (χ2v) is 3.86. The number of carboxylic acids is 1. The van der Waals surface area contributed by atoms with Crippen LogP contribution in [0.1, 0.15) is 16.8 Å². The Labute approximate surface area is 104 Å². The lowest BCUT2D eigenvalue weighted by atomic mass is 10.2. The lowest BCUT2D eigenvalue weighted by Gasteiger charge is -2.11. The minimum atomic E-state index is -1.36. The molecule has 0 aliphatic carbocycles. The summed E-state index contributed by atoms with van der Waals surface area (Å²) in [4.78, 5) is 33.0. The Kier molecular flexibility index (Phi) is 4.27. The number of aliphatic carboxylic acids is 1. The first-order valence-electron chi connectivity index (χ1n) is 4.46. The Morgan fingerprint density at radius 1 is 1.53 bits per heavy atom. The van der Waals surface area contributed by atoms with Gasteiger partial charge in [-0.15, -0.1) is 0 Å². The Morgan fingerprint density at radius 3 is 2.59 bits per heavy atom. The summed E-state index contributed by atoms with van der Waals surface area (Å²) >= 11 is 2.98. The normalized spacial score (nSPS) is 11.8. The van der Waals surface area contributed by atoms with Gasteiger partial charge in [-0.05, 0) is 22.0 Å². The Bertz CT molecular complexity index is 456. The van der Waals surface area contributed by atoms with Crippen LogP contribution in [0, 0.1) is 0 Å². The van der Waals surface area contributed by atoms with Crippen LogP contribution in [0.5, 0.6) is 0 Å². The maximum absolute atomic E-state index is 11.6. The van der Waals surface area contributed by atoms with E-state index in [4.69, 9.17) is 15.3 Å². The van der Waals surface area contributed by atoms with Gasteiger partial charge >= 0.3 is 5.97 Å². The molecule has 0 saturated heterocycles. The molecule has 1 aromatic heterocycles. The third-order valence-electron chi connectivity index (χ3n) is 1.87. The van der Waals surface area contributed by atoms with Gasteiger partial charge in [0, 0.05) is 0 Å². The molecule has 0 aromatic carbocycles. The van der Waals surface area contributed by atoms with Crippen LogP contribution < -0.4 is 11.1 Å². The summed E-state index contributed by atoms with van der Waals surface area (Å²) in [7, 11) is 0. The molecule has 92 valence electrons. The van der Waals surface area contributed by atoms with E-state index in [-0.39, 0.29) is 10.2 Å². The zero-order chi connectivity index (χ0) is 13.0. The fourth-order valence-electron chi connectivity index (χ4n) is 1.09. The topological polar surface area (TPSA) is 123 Å². The van der Waals surface area contributed by atoms with E-state index in [2.05, 4.69) is 21.2 Å². The highest BCUT2D eigenvalue weighted by Crippen LogP contribution is 2.17. The fraction of sp³-hybridized carbons (Fsp3) is 0.222. The van der Waals surface area contributed by atoms with Crippen LogP contribution >= 0.6 is 15.9 Å². The molecule has 0 fully saturated rings. The van der Waals surface area contributed by atoms with Crippen molar-refractivity contribution in [2.24, 2.45) is 5.73 Å². The van der Waals surface area contributed by atoms with Crippen LogP contribution in [0.15, 0.2) is 21.4 Å². The number of furan rings is 1. The molecule has 0 spiro atoms. The first kappa shape index (κ1) is 13.2. The summed E-state index contributed by atoms with van der Waals surface area (Å²) in [6, 6.07) is 0.00424. The zero-order valence-electron chi connectivity index (χ0n) is 8.47. The SMILES string of the molecule is NC(=O)CC(NC(=O)c1ccoc1Br)C(=O)O. The van der Waals surface area contributed by atoms with Crippen molar-refractivity contribution in [3.63, 3.8) is 0 Å². The predicted octanol–water partition coefficient (Wildman–Crippen LogP) is 0.100. The van der Waals surface area contributed by atoms with Crippen molar-refractivity contribution in [1.29, 1.82) is 0 Å². The molecule has 0 radical (unpaired) electrons. The molecular weight excluding hydrogens is 296 g/mol. The van der Waals surface area contributed by atoms with E-state index in [1.165, 1.54) is 12.3 Å². The van der Waals surface area contributed by atoms with Gasteiger partial charge in [-0.2, -0.15) is 0 Å². The molecule has 8 heteroatoms. The lowest BCUT2D eigenvalue weighted by molar-refractivity contribution is -0.140. The number of nitrogens with two attached hydrogens (primary N) is 1. The molecule has 0 bridgehead atoms. The van der Waals surface area contributed by atoms with Crippen molar-refractivity contribution in [2.75, 3.05) is 0 Å². The van der Waals surface area contributed by atoms with E-state index in [1.54, 1.807) is 0 Å². The lowest BCUT2D eigenvalue weighted by Crippen LogP contribution is -2.43. The van der Waals surface area contributed by atoms with Crippen molar-refractivity contribution < 1.29 is 23.9 Å². The molecule has 4 N–H and O–H groups in total. The van der Waals surface area contributed by atoms with Crippen LogP contribution in [0.2, 0.25) is 0 Å². The van der Waals surface area contributed by atoms with Crippen molar-refractivity contribution in [3.05, 3.63) is 22.6 Å². The molecule has 1 unspecified atom stereocenters. The number of primary amides is 1. The van der Waals surface area contributed by atoms with Gasteiger partial charge in [0.2, 0.25) is 5.91 Å². The largest absolute Gasteiger partial charge is 0.480 e. The van der Waals surface area contributed by atoms with Gasteiger partial charge in [-0.25, -0.2) is 4.79 Å². The Morgan fingerprint density at radius 2 is 2.18 bits per heavy atom. The van der Waals surface area contributed by atoms with Gasteiger partial charge < -0.3 is 20.6 Å². The average Bonchev–Trinajstić information content (AvgIpc) is 2.62. The summed E-state index contributed by atoms with van der Waals surface area (Å²) in [6.45, 7) is 0. The van der Waals surface area contributed by atoms with Gasteiger partial charge in [0.25, 0.3) is 5.91 Å². The van der Waals surface area contributed by atoms with E-state index < -0.39 is 30.2 Å². The van der Waals surface area contributed by atoms with E-state index >= 15 is 0 Å². The Hall–Kier alpha value is -1.83. The van der Waals surface area contributed by atoms with Crippen LogP contribution in [-0.4, -0.2) is 28.9 Å². The van der Waals surface area contributed by atoms with E-state index in [0.717, 1.165) is 0 Å². The van der Waals surface area contributed by atoms with Crippen LogP contribution in [-0.2, 0) is 9.59 Å². The summed E-state index contributed by atoms with van der Waals surface area (Å²) in [5.74, 6) is -2.82. The number of carbonyl (C=O) groups is 3. The second kappa shape index (κ2) is 5.48. The van der Waals surface area contributed by atoms with Crippen LogP contribution in [0.25, 0.3) is 0 Å². The molecule has 1 rings (SSSR count). The number of hydrogen-bond donors (Lipinski definition) is 3. The summed E-state index contributed by atoms with van der Waals surface area (Å²) in [5.41, 5.74) is 5.01. The number of nitrogens with one attached hydrogen (secondary N) is 1. The van der Waals surface area contributed by atoms with E-state index in [9.17, 15) is 14.4 Å². The molecule has 0 aliphatic heterocycles. The molecular formula is C9H9BrN2O5. The maximum Gasteiger partial charge on any atom is 0.326 e. The van der Waals surface area contributed by atoms with Gasteiger partial charge in [0.1, 0.15) is 6.04 Å². The van der Waals surface area contributed by atoms with Gasteiger partial charge in [-0.3, -0.25) is 9.59 Å². The molecule has 17 heavy (non-hydrogen) atoms. The van der Waals surface area contributed by atoms with Gasteiger partial charge in [-0.1, -0.05) is 0 Å². The third-order valence-corrected chi connectivity index (χ3v) is 2.49. The zero-order valence-corrected chi connectivity index (χ0v) is 10.1. The maximum atomic E-state index is 11.6. The first-order chi connectivity index (χ1) is 7.91. The summed E-state index contributed by atoms with van der Waals surface area (Å²) < 4.78 is 5.00. The van der Waals surface area contributed by atoms with Crippen molar-refractivity contribution in [2.45, 2.75) is 12.5 Å². The standard InChI is InChI=1S/C9H9BrN2O5/c10-7-4(1-2-17-7)8(14)12-5(9(15)16)3-6(11)13/h1-2,5H,3H2,(H2,11,13)(H,12,14)(H,15,16). The molecule has 1 aromatic rings. The second-order valence-electron chi connectivity index (χ2n) is 3.14. The number of amides is 2. The van der Waals surface area contributed by atoms with Gasteiger partial charge in [0.15, 0.2) is 4.67 Å². The molecule has 1 heterocycles. The average molecular weight is 305 g/mol. The molecule has 0 saturated carbocycles.